The molecule has 0 aliphatic heterocycles. The quantitative estimate of drug-likeness (QED) is 0.549. The first-order valence-corrected chi connectivity index (χ1v) is 9.28. The van der Waals surface area contributed by atoms with Gasteiger partial charge < -0.3 is 13.7 Å². The molecule has 2 aromatic heterocycles. The minimum Gasteiger partial charge on any atom is -0.484 e. The van der Waals surface area contributed by atoms with Crippen molar-refractivity contribution in [3.8, 4) is 5.75 Å². The largest absolute Gasteiger partial charge is 0.484 e. The topological polar surface area (TPSA) is 87.1 Å². The van der Waals surface area contributed by atoms with E-state index in [1.54, 1.807) is 24.3 Å². The third kappa shape index (κ3) is 4.76. The second kappa shape index (κ2) is 7.67. The molecule has 0 aliphatic rings. The van der Waals surface area contributed by atoms with Crippen molar-refractivity contribution in [1.82, 2.24) is 20.3 Å². The summed E-state index contributed by atoms with van der Waals surface area (Å²) in [6.07, 6.45) is 0. The molecule has 0 amide bonds. The fraction of sp³-hybridized carbons (Fsp3) is 0.412. The zero-order valence-electron chi connectivity index (χ0n) is 14.9. The average molecular weight is 395 g/mol. The highest BCUT2D eigenvalue weighted by Crippen LogP contribution is 2.34. The van der Waals surface area contributed by atoms with Crippen molar-refractivity contribution < 1.29 is 13.7 Å². The van der Waals surface area contributed by atoms with Gasteiger partial charge >= 0.3 is 0 Å². The van der Waals surface area contributed by atoms with Gasteiger partial charge in [0.05, 0.1) is 5.25 Å². The number of nitrogens with zero attached hydrogens (tertiary/aromatic N) is 4. The molecule has 0 aliphatic carbocycles. The second-order valence-electron chi connectivity index (χ2n) is 6.67. The molecule has 26 heavy (non-hydrogen) atoms. The Labute approximate surface area is 160 Å². The monoisotopic (exact) mass is 394 g/mol. The van der Waals surface area contributed by atoms with E-state index in [-0.39, 0.29) is 17.3 Å². The zero-order chi connectivity index (χ0) is 18.7. The lowest BCUT2D eigenvalue weighted by Gasteiger charge is -2.11. The molecule has 0 saturated heterocycles. The number of thioether (sulfide) groups is 1. The maximum Gasteiger partial charge on any atom is 0.277 e. The van der Waals surface area contributed by atoms with Crippen molar-refractivity contribution in [2.75, 3.05) is 0 Å². The molecule has 0 bridgehead atoms. The normalized spacial score (nSPS) is 13.0. The van der Waals surface area contributed by atoms with Gasteiger partial charge in [-0.15, -0.1) is 10.2 Å². The number of hydrogen-bond donors (Lipinski definition) is 0. The molecule has 138 valence electrons. The van der Waals surface area contributed by atoms with Gasteiger partial charge in [-0.25, -0.2) is 0 Å². The maximum atomic E-state index is 5.84. The predicted molar refractivity (Wildman–Crippen MR) is 97.4 cm³/mol. The van der Waals surface area contributed by atoms with Crippen molar-refractivity contribution in [3.63, 3.8) is 0 Å². The summed E-state index contributed by atoms with van der Waals surface area (Å²) in [7, 11) is 0. The van der Waals surface area contributed by atoms with Gasteiger partial charge in [0, 0.05) is 10.4 Å². The highest BCUT2D eigenvalue weighted by atomic mass is 35.5. The maximum absolute atomic E-state index is 5.84. The van der Waals surface area contributed by atoms with E-state index in [2.05, 4.69) is 20.3 Å². The Kier molecular flexibility index (Phi) is 5.52. The molecule has 0 N–H and O–H groups in total. The Morgan fingerprint density at radius 3 is 2.58 bits per heavy atom. The van der Waals surface area contributed by atoms with Crippen LogP contribution in [-0.4, -0.2) is 20.3 Å². The number of hydrogen-bond acceptors (Lipinski definition) is 8. The Hall–Kier alpha value is -2.06. The van der Waals surface area contributed by atoms with Crippen LogP contribution in [0.5, 0.6) is 5.75 Å². The van der Waals surface area contributed by atoms with Crippen molar-refractivity contribution >= 4 is 23.4 Å². The predicted octanol–water partition coefficient (Wildman–Crippen LogP) is 4.84. The Bertz CT molecular complexity index is 858. The van der Waals surface area contributed by atoms with Crippen molar-refractivity contribution in [2.45, 2.75) is 50.2 Å². The van der Waals surface area contributed by atoms with Crippen LogP contribution in [0.3, 0.4) is 0 Å². The fourth-order valence-corrected chi connectivity index (χ4v) is 2.78. The molecule has 3 aromatic rings. The first-order chi connectivity index (χ1) is 12.3. The van der Waals surface area contributed by atoms with Crippen LogP contribution in [0.4, 0.5) is 0 Å². The van der Waals surface area contributed by atoms with Crippen LogP contribution >= 0.6 is 23.4 Å². The molecular weight excluding hydrogens is 376 g/mol. The average Bonchev–Trinajstić information content (AvgIpc) is 3.23. The van der Waals surface area contributed by atoms with Gasteiger partial charge in [-0.1, -0.05) is 49.3 Å². The standard InChI is InChI=1S/C17H19ClN4O3S/c1-10(14-19-15(22-25-14)17(2,3)4)26-16-21-20-13(24-16)9-23-12-7-5-11(18)6-8-12/h5-8,10H,9H2,1-4H3. The molecule has 7 nitrogen and oxygen atoms in total. The molecule has 0 spiro atoms. The van der Waals surface area contributed by atoms with Crippen molar-refractivity contribution in [1.29, 1.82) is 0 Å². The molecule has 0 saturated carbocycles. The first kappa shape index (κ1) is 18.7. The Morgan fingerprint density at radius 2 is 1.92 bits per heavy atom. The molecule has 1 aromatic carbocycles. The van der Waals surface area contributed by atoms with Crippen LogP contribution in [0, 0.1) is 0 Å². The van der Waals surface area contributed by atoms with E-state index in [1.165, 1.54) is 11.8 Å². The summed E-state index contributed by atoms with van der Waals surface area (Å²) in [5.74, 6) is 2.26. The number of rotatable bonds is 6. The lowest BCUT2D eigenvalue weighted by Crippen LogP contribution is -2.13. The molecule has 2 heterocycles. The Balaban J connectivity index is 1.57. The zero-order valence-corrected chi connectivity index (χ0v) is 16.5. The summed E-state index contributed by atoms with van der Waals surface area (Å²) in [5, 5.41) is 13.0. The van der Waals surface area contributed by atoms with Crippen LogP contribution in [0.2, 0.25) is 5.02 Å². The number of ether oxygens (including phenoxy) is 1. The van der Waals surface area contributed by atoms with Gasteiger partial charge in [-0.3, -0.25) is 0 Å². The highest BCUT2D eigenvalue weighted by Gasteiger charge is 2.24. The minimum atomic E-state index is -0.164. The van der Waals surface area contributed by atoms with Crippen LogP contribution in [0.15, 0.2) is 38.4 Å². The van der Waals surface area contributed by atoms with Crippen LogP contribution < -0.4 is 4.74 Å². The fourth-order valence-electron chi connectivity index (χ4n) is 1.93. The molecule has 0 radical (unpaired) electrons. The third-order valence-corrected chi connectivity index (χ3v) is 4.54. The van der Waals surface area contributed by atoms with Gasteiger partial charge in [-0.2, -0.15) is 4.98 Å². The summed E-state index contributed by atoms with van der Waals surface area (Å²) in [5.41, 5.74) is -0.164. The minimum absolute atomic E-state index is 0.107. The van der Waals surface area contributed by atoms with E-state index < -0.39 is 0 Å². The second-order valence-corrected chi connectivity index (χ2v) is 8.40. The Morgan fingerprint density at radius 1 is 1.19 bits per heavy atom. The summed E-state index contributed by atoms with van der Waals surface area (Å²) in [6, 6.07) is 7.06. The van der Waals surface area contributed by atoms with E-state index in [4.69, 9.17) is 25.3 Å². The molecule has 3 rings (SSSR count). The lowest BCUT2D eigenvalue weighted by atomic mass is 9.96. The van der Waals surface area contributed by atoms with Crippen LogP contribution in [0.25, 0.3) is 0 Å². The van der Waals surface area contributed by atoms with E-state index in [0.717, 1.165) is 0 Å². The molecule has 1 atom stereocenters. The van der Waals surface area contributed by atoms with Gasteiger partial charge in [0.15, 0.2) is 12.4 Å². The number of halogens is 1. The summed E-state index contributed by atoms with van der Waals surface area (Å²) in [6.45, 7) is 8.22. The smallest absolute Gasteiger partial charge is 0.277 e. The third-order valence-electron chi connectivity index (χ3n) is 3.36. The van der Waals surface area contributed by atoms with Gasteiger partial charge in [-0.05, 0) is 31.2 Å². The summed E-state index contributed by atoms with van der Waals surface area (Å²) >= 11 is 7.20. The molecule has 0 fully saturated rings. The SMILES string of the molecule is CC(Sc1nnc(COc2ccc(Cl)cc2)o1)c1nc(C(C)(C)C)no1. The van der Waals surface area contributed by atoms with E-state index >= 15 is 0 Å². The lowest BCUT2D eigenvalue weighted by molar-refractivity contribution is 0.252. The van der Waals surface area contributed by atoms with Crippen molar-refractivity contribution in [2.24, 2.45) is 0 Å². The molecule has 9 heteroatoms. The first-order valence-electron chi connectivity index (χ1n) is 8.03. The summed E-state index contributed by atoms with van der Waals surface area (Å²) < 4.78 is 16.5. The molecule has 1 unspecified atom stereocenters. The van der Waals surface area contributed by atoms with Crippen LogP contribution in [-0.2, 0) is 12.0 Å². The summed E-state index contributed by atoms with van der Waals surface area (Å²) in [4.78, 5) is 4.44. The van der Waals surface area contributed by atoms with Gasteiger partial charge in [0.25, 0.3) is 11.1 Å². The molecular formula is C17H19ClN4O3S. The van der Waals surface area contributed by atoms with Gasteiger partial charge in [0.1, 0.15) is 5.75 Å². The van der Waals surface area contributed by atoms with Gasteiger partial charge in [0.2, 0.25) is 5.89 Å². The van der Waals surface area contributed by atoms with Crippen molar-refractivity contribution in [3.05, 3.63) is 46.9 Å². The number of aromatic nitrogens is 4. The van der Waals surface area contributed by atoms with E-state index in [0.29, 0.717) is 33.6 Å². The van der Waals surface area contributed by atoms with E-state index in [9.17, 15) is 0 Å². The van der Waals surface area contributed by atoms with E-state index in [1.807, 2.05) is 27.7 Å². The van der Waals surface area contributed by atoms with Crippen LogP contribution in [0.1, 0.15) is 50.6 Å². The number of benzene rings is 1. The highest BCUT2D eigenvalue weighted by molar-refractivity contribution is 7.99.